The number of nitrogens with zero attached hydrogens (tertiary/aromatic N) is 4. The summed E-state index contributed by atoms with van der Waals surface area (Å²) in [6.45, 7) is 5.47. The van der Waals surface area contributed by atoms with Gasteiger partial charge in [0.1, 0.15) is 5.82 Å². The summed E-state index contributed by atoms with van der Waals surface area (Å²) >= 11 is 3.77. The second kappa shape index (κ2) is 8.86. The average molecular weight is 542 g/mol. The Bertz CT molecular complexity index is 1290. The second-order valence-electron chi connectivity index (χ2n) is 9.61. The van der Waals surface area contributed by atoms with Crippen LogP contribution in [0.4, 0.5) is 11.8 Å². The molecule has 1 atom stereocenters. The SMILES string of the molecule is Cc1ccc2nc(N3CCS(=NC4CC4)c4ccccc4C3)nc(NCC3(N)COC3)c2c1Br. The lowest BCUT2D eigenvalue weighted by molar-refractivity contribution is -0.0461. The maximum absolute atomic E-state index is 6.41. The van der Waals surface area contributed by atoms with Crippen molar-refractivity contribution in [2.24, 2.45) is 10.1 Å². The summed E-state index contributed by atoms with van der Waals surface area (Å²) in [5, 5.41) is 4.52. The minimum absolute atomic E-state index is 0.0729. The summed E-state index contributed by atoms with van der Waals surface area (Å²) < 4.78 is 11.5. The van der Waals surface area contributed by atoms with Crippen LogP contribution in [0.1, 0.15) is 24.0 Å². The van der Waals surface area contributed by atoms with Gasteiger partial charge in [-0.15, -0.1) is 0 Å². The van der Waals surface area contributed by atoms with Gasteiger partial charge in [0.25, 0.3) is 0 Å². The first-order valence-electron chi connectivity index (χ1n) is 11.8. The molecule has 6 rings (SSSR count). The Kier molecular flexibility index (Phi) is 5.83. The van der Waals surface area contributed by atoms with Crippen LogP contribution >= 0.6 is 15.9 Å². The van der Waals surface area contributed by atoms with E-state index in [4.69, 9.17) is 24.8 Å². The monoisotopic (exact) mass is 540 g/mol. The summed E-state index contributed by atoms with van der Waals surface area (Å²) in [6, 6.07) is 13.5. The number of aryl methyl sites for hydroxylation is 1. The number of halogens is 1. The number of hydrogen-bond acceptors (Lipinski definition) is 7. The lowest BCUT2D eigenvalue weighted by Crippen LogP contribution is -2.61. The number of nitrogens with two attached hydrogens (primary N) is 1. The van der Waals surface area contributed by atoms with Gasteiger partial charge >= 0.3 is 0 Å². The van der Waals surface area contributed by atoms with Crippen LogP contribution < -0.4 is 16.0 Å². The van der Waals surface area contributed by atoms with Crippen LogP contribution in [0.3, 0.4) is 0 Å². The fourth-order valence-electron chi connectivity index (χ4n) is 4.37. The molecule has 1 unspecified atom stereocenters. The minimum Gasteiger partial charge on any atom is -0.377 e. The van der Waals surface area contributed by atoms with Crippen LogP contribution in [0, 0.1) is 6.92 Å². The Morgan fingerprint density at radius 3 is 2.82 bits per heavy atom. The quantitative estimate of drug-likeness (QED) is 0.504. The normalized spacial score (nSPS) is 21.7. The molecule has 2 aliphatic heterocycles. The molecule has 3 aromatic rings. The van der Waals surface area contributed by atoms with E-state index < -0.39 is 0 Å². The highest BCUT2D eigenvalue weighted by Crippen LogP contribution is 2.35. The zero-order valence-electron chi connectivity index (χ0n) is 19.3. The fourth-order valence-corrected chi connectivity index (χ4v) is 6.97. The van der Waals surface area contributed by atoms with E-state index in [0.717, 1.165) is 51.5 Å². The number of ether oxygens (including phenoxy) is 1. The average Bonchev–Trinajstić information content (AvgIpc) is 3.66. The van der Waals surface area contributed by atoms with E-state index in [-0.39, 0.29) is 16.2 Å². The van der Waals surface area contributed by atoms with Gasteiger partial charge in [0.2, 0.25) is 5.95 Å². The fraction of sp³-hybridized carbons (Fsp3) is 0.440. The van der Waals surface area contributed by atoms with E-state index in [2.05, 4.69) is 69.5 Å². The molecule has 7 nitrogen and oxygen atoms in total. The number of rotatable bonds is 5. The Morgan fingerprint density at radius 1 is 1.24 bits per heavy atom. The van der Waals surface area contributed by atoms with Crippen molar-refractivity contribution in [3.05, 3.63) is 52.0 Å². The third-order valence-electron chi connectivity index (χ3n) is 6.62. The number of hydrogen-bond donors (Lipinski definition) is 2. The Morgan fingerprint density at radius 2 is 2.06 bits per heavy atom. The number of aromatic nitrogens is 2. The van der Waals surface area contributed by atoms with E-state index in [9.17, 15) is 0 Å². The molecule has 1 saturated carbocycles. The maximum atomic E-state index is 6.41. The molecule has 1 saturated heterocycles. The molecule has 0 radical (unpaired) electrons. The third-order valence-corrected chi connectivity index (χ3v) is 9.67. The van der Waals surface area contributed by atoms with Crippen molar-refractivity contribution in [1.29, 1.82) is 0 Å². The van der Waals surface area contributed by atoms with E-state index in [0.29, 0.717) is 25.8 Å². The van der Waals surface area contributed by atoms with Crippen molar-refractivity contribution in [3.8, 4) is 0 Å². The van der Waals surface area contributed by atoms with Crippen LogP contribution in [-0.4, -0.2) is 53.6 Å². The van der Waals surface area contributed by atoms with Crippen molar-refractivity contribution < 1.29 is 4.74 Å². The van der Waals surface area contributed by atoms with Crippen molar-refractivity contribution in [1.82, 2.24) is 9.97 Å². The van der Waals surface area contributed by atoms with Gasteiger partial charge < -0.3 is 20.7 Å². The molecule has 0 bridgehead atoms. The van der Waals surface area contributed by atoms with Gasteiger partial charge in [0.05, 0.1) is 35.7 Å². The van der Waals surface area contributed by atoms with Crippen LogP contribution in [0.2, 0.25) is 0 Å². The van der Waals surface area contributed by atoms with E-state index in [1.54, 1.807) is 0 Å². The molecule has 178 valence electrons. The second-order valence-corrected chi connectivity index (χ2v) is 12.2. The first-order chi connectivity index (χ1) is 16.5. The summed E-state index contributed by atoms with van der Waals surface area (Å²) in [4.78, 5) is 13.7. The Hall–Kier alpha value is -2.07. The van der Waals surface area contributed by atoms with Gasteiger partial charge in [0, 0.05) is 34.8 Å². The van der Waals surface area contributed by atoms with Crippen LogP contribution in [-0.2, 0) is 22.0 Å². The largest absolute Gasteiger partial charge is 0.377 e. The highest BCUT2D eigenvalue weighted by Gasteiger charge is 2.34. The van der Waals surface area contributed by atoms with Gasteiger partial charge in [-0.2, -0.15) is 4.98 Å². The molecule has 3 heterocycles. The van der Waals surface area contributed by atoms with Crippen molar-refractivity contribution in [3.63, 3.8) is 0 Å². The molecule has 3 aliphatic rings. The van der Waals surface area contributed by atoms with Gasteiger partial charge in [-0.25, -0.2) is 4.98 Å². The highest BCUT2D eigenvalue weighted by atomic mass is 79.9. The predicted molar refractivity (Wildman–Crippen MR) is 142 cm³/mol. The number of fused-ring (bicyclic) bond motifs is 2. The third kappa shape index (κ3) is 4.34. The molecule has 0 spiro atoms. The lowest BCUT2D eigenvalue weighted by Gasteiger charge is -2.38. The summed E-state index contributed by atoms with van der Waals surface area (Å²) in [5.41, 5.74) is 9.45. The molecular formula is C25H29BrN6OS. The predicted octanol–water partition coefficient (Wildman–Crippen LogP) is 4.18. The zero-order valence-corrected chi connectivity index (χ0v) is 21.7. The van der Waals surface area contributed by atoms with E-state index in [1.807, 2.05) is 0 Å². The van der Waals surface area contributed by atoms with Gasteiger partial charge in [0.15, 0.2) is 0 Å². The molecule has 0 amide bonds. The molecule has 9 heteroatoms. The minimum atomic E-state index is -0.353. The molecule has 1 aromatic heterocycles. The number of nitrogens with one attached hydrogen (secondary N) is 1. The molecular weight excluding hydrogens is 512 g/mol. The van der Waals surface area contributed by atoms with E-state index in [1.165, 1.54) is 23.3 Å². The summed E-state index contributed by atoms with van der Waals surface area (Å²) in [6.07, 6.45) is 2.47. The van der Waals surface area contributed by atoms with Crippen LogP contribution in [0.25, 0.3) is 10.9 Å². The molecule has 1 aliphatic carbocycles. The zero-order chi connectivity index (χ0) is 23.3. The Balaban J connectivity index is 1.39. The summed E-state index contributed by atoms with van der Waals surface area (Å²) in [5.74, 6) is 2.55. The van der Waals surface area contributed by atoms with Crippen LogP contribution in [0.5, 0.6) is 0 Å². The first-order valence-corrected chi connectivity index (χ1v) is 14.0. The topological polar surface area (TPSA) is 88.7 Å². The van der Waals surface area contributed by atoms with Crippen molar-refractivity contribution >= 4 is 49.3 Å². The van der Waals surface area contributed by atoms with Crippen molar-refractivity contribution in [2.75, 3.05) is 42.3 Å². The highest BCUT2D eigenvalue weighted by molar-refractivity contribution is 9.10. The molecule has 34 heavy (non-hydrogen) atoms. The maximum Gasteiger partial charge on any atom is 0.228 e. The van der Waals surface area contributed by atoms with Crippen molar-refractivity contribution in [2.45, 2.75) is 42.8 Å². The van der Waals surface area contributed by atoms with Gasteiger partial charge in [-0.1, -0.05) is 35.0 Å². The lowest BCUT2D eigenvalue weighted by atomic mass is 9.99. The number of anilines is 2. The smallest absolute Gasteiger partial charge is 0.228 e. The molecule has 2 aromatic carbocycles. The number of benzene rings is 2. The first kappa shape index (κ1) is 22.4. The summed E-state index contributed by atoms with van der Waals surface area (Å²) in [7, 11) is -0.0729. The Labute approximate surface area is 210 Å². The standard InChI is InChI=1S/C25H29BrN6OS/c1-16-6-9-19-21(22(16)26)23(28-13-25(27)14-33-15-25)30-24(29-19)32-10-11-34(31-18-7-8-18)20-5-3-2-4-17(20)12-32/h2-6,9,18H,7-8,10-15,27H2,1H3,(H,28,29,30). The van der Waals surface area contributed by atoms with Gasteiger partial charge in [-0.3, -0.25) is 4.36 Å². The van der Waals surface area contributed by atoms with Gasteiger partial charge in [-0.05, 0) is 59.0 Å². The van der Waals surface area contributed by atoms with Crippen LogP contribution in [0.15, 0.2) is 50.1 Å². The molecule has 2 fully saturated rings. The van der Waals surface area contributed by atoms with E-state index >= 15 is 0 Å². The molecule has 3 N–H and O–H groups in total.